The van der Waals surface area contributed by atoms with E-state index < -0.39 is 12.0 Å². The molecule has 0 aromatic carbocycles. The van der Waals surface area contributed by atoms with Gasteiger partial charge >= 0.3 is 5.97 Å². The van der Waals surface area contributed by atoms with Crippen LogP contribution >= 0.6 is 11.3 Å². The average molecular weight is 275 g/mol. The van der Waals surface area contributed by atoms with E-state index >= 15 is 0 Å². The van der Waals surface area contributed by atoms with Gasteiger partial charge in [0, 0.05) is 11.3 Å². The fraction of sp³-hybridized carbons (Fsp3) is 0.308. The van der Waals surface area contributed by atoms with E-state index in [1.807, 2.05) is 13.8 Å². The fourth-order valence-corrected chi connectivity index (χ4v) is 2.77. The molecule has 2 N–H and O–H groups in total. The van der Waals surface area contributed by atoms with Crippen molar-refractivity contribution in [1.82, 2.24) is 9.97 Å². The van der Waals surface area contributed by atoms with Crippen molar-refractivity contribution in [2.45, 2.75) is 26.3 Å². The van der Waals surface area contributed by atoms with E-state index in [0.29, 0.717) is 5.82 Å². The zero-order valence-electron chi connectivity index (χ0n) is 10.6. The quantitative estimate of drug-likeness (QED) is 0.837. The van der Waals surface area contributed by atoms with E-state index in [1.54, 1.807) is 11.3 Å². The van der Waals surface area contributed by atoms with Gasteiger partial charge in [0.05, 0.1) is 5.39 Å². The monoisotopic (exact) mass is 275 g/mol. The van der Waals surface area contributed by atoms with Crippen LogP contribution in [0.3, 0.4) is 0 Å². The molecular weight excluding hydrogens is 262 g/mol. The van der Waals surface area contributed by atoms with E-state index in [0.717, 1.165) is 20.7 Å². The van der Waals surface area contributed by atoms with Crippen molar-refractivity contribution in [1.29, 1.82) is 0 Å². The molecule has 0 saturated heterocycles. The third-order valence-corrected chi connectivity index (χ3v) is 4.01. The molecule has 0 radical (unpaired) electrons. The average Bonchev–Trinajstić information content (AvgIpc) is 2.65. The number of terminal acetylenes is 1. The molecule has 6 heteroatoms. The van der Waals surface area contributed by atoms with Gasteiger partial charge in [0.15, 0.2) is 0 Å². The number of carboxylic acids is 1. The Balaban J connectivity index is 2.45. The van der Waals surface area contributed by atoms with Gasteiger partial charge in [0.25, 0.3) is 0 Å². The van der Waals surface area contributed by atoms with Gasteiger partial charge in [0.1, 0.15) is 23.0 Å². The van der Waals surface area contributed by atoms with Crippen LogP contribution in [0.25, 0.3) is 10.2 Å². The Morgan fingerprint density at radius 3 is 2.95 bits per heavy atom. The topological polar surface area (TPSA) is 75.1 Å². The number of nitrogens with zero attached hydrogens (tertiary/aromatic N) is 2. The second-order valence-electron chi connectivity index (χ2n) is 4.13. The van der Waals surface area contributed by atoms with E-state index in [9.17, 15) is 4.79 Å². The van der Waals surface area contributed by atoms with Gasteiger partial charge < -0.3 is 10.4 Å². The van der Waals surface area contributed by atoms with Gasteiger partial charge in [-0.15, -0.1) is 23.7 Å². The molecule has 1 atom stereocenters. The summed E-state index contributed by atoms with van der Waals surface area (Å²) < 4.78 is 0. The number of carbonyl (C=O) groups is 1. The van der Waals surface area contributed by atoms with Crippen LogP contribution in [-0.2, 0) is 4.79 Å². The molecule has 0 aliphatic heterocycles. The van der Waals surface area contributed by atoms with Crippen molar-refractivity contribution in [3.63, 3.8) is 0 Å². The van der Waals surface area contributed by atoms with Crippen LogP contribution < -0.4 is 5.32 Å². The van der Waals surface area contributed by atoms with Crippen molar-refractivity contribution in [2.24, 2.45) is 0 Å². The van der Waals surface area contributed by atoms with Crippen molar-refractivity contribution in [3.05, 3.63) is 16.8 Å². The lowest BCUT2D eigenvalue weighted by Gasteiger charge is -2.13. The number of carboxylic acid groups (broad SMARTS) is 1. The number of aliphatic carboxylic acids is 1. The smallest absolute Gasteiger partial charge is 0.327 e. The first-order valence-electron chi connectivity index (χ1n) is 5.68. The summed E-state index contributed by atoms with van der Waals surface area (Å²) in [6.45, 7) is 3.97. The lowest BCUT2D eigenvalue weighted by atomic mass is 10.2. The van der Waals surface area contributed by atoms with Gasteiger partial charge in [-0.2, -0.15) is 0 Å². The van der Waals surface area contributed by atoms with Gasteiger partial charge in [-0.1, -0.05) is 0 Å². The molecule has 19 heavy (non-hydrogen) atoms. The van der Waals surface area contributed by atoms with E-state index in [4.69, 9.17) is 11.5 Å². The predicted octanol–water partition coefficient (Wildman–Crippen LogP) is 2.20. The molecule has 2 heterocycles. The molecule has 98 valence electrons. The molecule has 0 aliphatic rings. The molecule has 0 bridgehead atoms. The minimum Gasteiger partial charge on any atom is -0.480 e. The fourth-order valence-electron chi connectivity index (χ4n) is 1.77. The van der Waals surface area contributed by atoms with Crippen molar-refractivity contribution in [2.75, 3.05) is 5.32 Å². The van der Waals surface area contributed by atoms with Crippen molar-refractivity contribution < 1.29 is 9.90 Å². The molecule has 2 aromatic heterocycles. The second kappa shape index (κ2) is 5.24. The van der Waals surface area contributed by atoms with Gasteiger partial charge in [-0.3, -0.25) is 0 Å². The largest absolute Gasteiger partial charge is 0.480 e. The van der Waals surface area contributed by atoms with Crippen LogP contribution in [0.15, 0.2) is 6.33 Å². The van der Waals surface area contributed by atoms with Crippen molar-refractivity contribution >= 4 is 33.3 Å². The summed E-state index contributed by atoms with van der Waals surface area (Å²) in [5, 5.41) is 12.9. The highest BCUT2D eigenvalue weighted by Gasteiger charge is 2.19. The first-order chi connectivity index (χ1) is 9.04. The summed E-state index contributed by atoms with van der Waals surface area (Å²) in [5.41, 5.74) is 1.06. The van der Waals surface area contributed by atoms with Crippen molar-refractivity contribution in [3.8, 4) is 12.3 Å². The zero-order chi connectivity index (χ0) is 14.0. The molecule has 0 fully saturated rings. The maximum Gasteiger partial charge on any atom is 0.327 e. The third-order valence-electron chi connectivity index (χ3n) is 2.90. The van der Waals surface area contributed by atoms with Gasteiger partial charge in [-0.25, -0.2) is 14.8 Å². The highest BCUT2D eigenvalue weighted by molar-refractivity contribution is 7.18. The molecule has 0 aliphatic carbocycles. The number of rotatable bonds is 4. The van der Waals surface area contributed by atoms with Crippen LogP contribution in [0, 0.1) is 26.2 Å². The lowest BCUT2D eigenvalue weighted by molar-refractivity contribution is -0.137. The summed E-state index contributed by atoms with van der Waals surface area (Å²) in [7, 11) is 0. The first kappa shape index (κ1) is 13.3. The van der Waals surface area contributed by atoms with E-state index in [2.05, 4.69) is 21.2 Å². The Morgan fingerprint density at radius 1 is 1.58 bits per heavy atom. The summed E-state index contributed by atoms with van der Waals surface area (Å²) in [4.78, 5) is 21.4. The highest BCUT2D eigenvalue weighted by atomic mass is 32.1. The Hall–Kier alpha value is -2.13. The first-order valence-corrected chi connectivity index (χ1v) is 6.49. The molecule has 0 spiro atoms. The summed E-state index contributed by atoms with van der Waals surface area (Å²) in [6.07, 6.45) is 6.71. The van der Waals surface area contributed by atoms with Crippen LogP contribution in [0.1, 0.15) is 16.9 Å². The predicted molar refractivity (Wildman–Crippen MR) is 75.4 cm³/mol. The Kier molecular flexibility index (Phi) is 3.67. The minimum atomic E-state index is -0.991. The maximum atomic E-state index is 11.1. The number of hydrogen-bond acceptors (Lipinski definition) is 5. The second-order valence-corrected chi connectivity index (χ2v) is 5.33. The molecule has 1 unspecified atom stereocenters. The molecule has 2 aromatic rings. The molecule has 0 saturated carbocycles. The maximum absolute atomic E-state index is 11.1. The van der Waals surface area contributed by atoms with Crippen LogP contribution in [0.5, 0.6) is 0 Å². The standard InChI is InChI=1S/C13H13N3O2S/c1-4-5-9(13(17)18)16-11-10-7(2)8(3)19-12(10)15-6-14-11/h1,6,9H,5H2,2-3H3,(H,17,18)(H,14,15,16). The number of hydrogen-bond donors (Lipinski definition) is 2. The Labute approximate surface area is 114 Å². The summed E-state index contributed by atoms with van der Waals surface area (Å²) in [6, 6.07) is -0.845. The number of thiophene rings is 1. The van der Waals surface area contributed by atoms with E-state index in [-0.39, 0.29) is 6.42 Å². The number of anilines is 1. The Morgan fingerprint density at radius 2 is 2.32 bits per heavy atom. The normalized spacial score (nSPS) is 12.1. The van der Waals surface area contributed by atoms with E-state index in [1.165, 1.54) is 6.33 Å². The molecular formula is C13H13N3O2S. The summed E-state index contributed by atoms with van der Waals surface area (Å²) in [5.74, 6) is 1.88. The van der Waals surface area contributed by atoms with Crippen LogP contribution in [0.2, 0.25) is 0 Å². The summed E-state index contributed by atoms with van der Waals surface area (Å²) >= 11 is 1.56. The number of aromatic nitrogens is 2. The SMILES string of the molecule is C#CCC(Nc1ncnc2sc(C)c(C)c12)C(=O)O. The molecule has 5 nitrogen and oxygen atoms in total. The lowest BCUT2D eigenvalue weighted by Crippen LogP contribution is -2.29. The number of aryl methyl sites for hydroxylation is 2. The minimum absolute atomic E-state index is 0.100. The number of nitrogens with one attached hydrogen (secondary N) is 1. The Bertz CT molecular complexity index is 672. The highest BCUT2D eigenvalue weighted by Crippen LogP contribution is 2.32. The van der Waals surface area contributed by atoms with Crippen LogP contribution in [-0.4, -0.2) is 27.1 Å². The number of fused-ring (bicyclic) bond motifs is 1. The third kappa shape index (κ3) is 2.51. The zero-order valence-corrected chi connectivity index (χ0v) is 11.4. The van der Waals surface area contributed by atoms with Gasteiger partial charge in [0.2, 0.25) is 0 Å². The van der Waals surface area contributed by atoms with Crippen LogP contribution in [0.4, 0.5) is 5.82 Å². The molecule has 0 amide bonds. The van der Waals surface area contributed by atoms with Gasteiger partial charge in [-0.05, 0) is 19.4 Å². The molecule has 2 rings (SSSR count).